The molecule has 3 heterocycles. The van der Waals surface area contributed by atoms with E-state index in [4.69, 9.17) is 4.74 Å². The predicted octanol–water partition coefficient (Wildman–Crippen LogP) is 3.39. The Morgan fingerprint density at radius 2 is 2.19 bits per heavy atom. The van der Waals surface area contributed by atoms with Gasteiger partial charge in [0.25, 0.3) is 0 Å². The van der Waals surface area contributed by atoms with Gasteiger partial charge in [0.15, 0.2) is 0 Å². The molecule has 0 saturated heterocycles. The number of rotatable bonds is 3. The van der Waals surface area contributed by atoms with Crippen molar-refractivity contribution in [1.82, 2.24) is 14.5 Å². The molecule has 0 fully saturated rings. The second-order valence-electron chi connectivity index (χ2n) is 4.96. The number of nitrogens with zero attached hydrogens (tertiary/aromatic N) is 3. The highest BCUT2D eigenvalue weighted by molar-refractivity contribution is 7.20. The molecular formula is C15H15N3O2S. The first-order valence-electron chi connectivity index (χ1n) is 6.63. The number of ether oxygens (including phenoxy) is 1. The fraction of sp³-hybridized carbons (Fsp3) is 0.267. The van der Waals surface area contributed by atoms with Gasteiger partial charge in [0, 0.05) is 18.0 Å². The van der Waals surface area contributed by atoms with Crippen molar-refractivity contribution < 1.29 is 9.53 Å². The number of carbonyl (C=O) groups is 1. The molecule has 0 aromatic carbocycles. The molecule has 0 aliphatic carbocycles. The van der Waals surface area contributed by atoms with E-state index in [0.29, 0.717) is 10.9 Å². The monoisotopic (exact) mass is 301 g/mol. The SMILES string of the molecule is COC(=O)c1nc2c(C(C)C)cn(-c3ccccn3)c2s1. The lowest BCUT2D eigenvalue weighted by atomic mass is 10.1. The summed E-state index contributed by atoms with van der Waals surface area (Å²) >= 11 is 1.33. The van der Waals surface area contributed by atoms with Gasteiger partial charge >= 0.3 is 5.97 Å². The number of hydrogen-bond donors (Lipinski definition) is 0. The fourth-order valence-electron chi connectivity index (χ4n) is 2.19. The van der Waals surface area contributed by atoms with E-state index in [-0.39, 0.29) is 0 Å². The van der Waals surface area contributed by atoms with E-state index >= 15 is 0 Å². The van der Waals surface area contributed by atoms with Gasteiger partial charge in [0.1, 0.15) is 16.2 Å². The summed E-state index contributed by atoms with van der Waals surface area (Å²) in [6.45, 7) is 4.21. The third-order valence-electron chi connectivity index (χ3n) is 3.25. The van der Waals surface area contributed by atoms with Crippen molar-refractivity contribution in [2.45, 2.75) is 19.8 Å². The molecule has 3 aromatic rings. The summed E-state index contributed by atoms with van der Waals surface area (Å²) in [6, 6.07) is 5.74. The zero-order valence-corrected chi connectivity index (χ0v) is 12.8. The van der Waals surface area contributed by atoms with Crippen LogP contribution in [0.1, 0.15) is 35.1 Å². The number of esters is 1. The first-order valence-corrected chi connectivity index (χ1v) is 7.45. The Balaban J connectivity index is 2.25. The molecule has 6 heteroatoms. The average molecular weight is 301 g/mol. The van der Waals surface area contributed by atoms with E-state index in [2.05, 4.69) is 23.8 Å². The quantitative estimate of drug-likeness (QED) is 0.696. The molecule has 21 heavy (non-hydrogen) atoms. The number of thiazole rings is 1. The molecule has 3 rings (SSSR count). The topological polar surface area (TPSA) is 57.0 Å². The van der Waals surface area contributed by atoms with Crippen molar-refractivity contribution in [3.05, 3.63) is 41.2 Å². The van der Waals surface area contributed by atoms with Gasteiger partial charge in [-0.3, -0.25) is 4.57 Å². The summed E-state index contributed by atoms with van der Waals surface area (Å²) in [7, 11) is 1.37. The van der Waals surface area contributed by atoms with Crippen LogP contribution in [0.25, 0.3) is 16.2 Å². The van der Waals surface area contributed by atoms with Gasteiger partial charge in [-0.25, -0.2) is 14.8 Å². The van der Waals surface area contributed by atoms with Crippen LogP contribution in [0.4, 0.5) is 0 Å². The maximum atomic E-state index is 11.7. The number of fused-ring (bicyclic) bond motifs is 1. The van der Waals surface area contributed by atoms with Gasteiger partial charge in [-0.05, 0) is 18.1 Å². The Morgan fingerprint density at radius 3 is 2.81 bits per heavy atom. The lowest BCUT2D eigenvalue weighted by Crippen LogP contribution is -2.00. The number of methoxy groups -OCH3 is 1. The summed E-state index contributed by atoms with van der Waals surface area (Å²) in [5.41, 5.74) is 1.95. The van der Waals surface area contributed by atoms with E-state index in [1.807, 2.05) is 29.0 Å². The van der Waals surface area contributed by atoms with Crippen LogP contribution in [0.3, 0.4) is 0 Å². The van der Waals surface area contributed by atoms with Crippen molar-refractivity contribution in [1.29, 1.82) is 0 Å². The number of carbonyl (C=O) groups excluding carboxylic acids is 1. The number of hydrogen-bond acceptors (Lipinski definition) is 5. The van der Waals surface area contributed by atoms with Crippen LogP contribution in [0.2, 0.25) is 0 Å². The summed E-state index contributed by atoms with van der Waals surface area (Å²) in [4.78, 5) is 21.4. The highest BCUT2D eigenvalue weighted by atomic mass is 32.1. The van der Waals surface area contributed by atoms with Crippen molar-refractivity contribution in [2.24, 2.45) is 0 Å². The van der Waals surface area contributed by atoms with Crippen molar-refractivity contribution in [3.8, 4) is 5.82 Å². The van der Waals surface area contributed by atoms with Crippen molar-refractivity contribution in [2.75, 3.05) is 7.11 Å². The molecule has 0 bridgehead atoms. The number of aromatic nitrogens is 3. The van der Waals surface area contributed by atoms with Crippen LogP contribution in [-0.2, 0) is 4.74 Å². The first-order chi connectivity index (χ1) is 10.1. The molecule has 0 saturated carbocycles. The summed E-state index contributed by atoms with van der Waals surface area (Å²) < 4.78 is 6.75. The zero-order valence-electron chi connectivity index (χ0n) is 12.0. The number of pyridine rings is 1. The van der Waals surface area contributed by atoms with Gasteiger partial charge in [-0.2, -0.15) is 0 Å². The van der Waals surface area contributed by atoms with Crippen LogP contribution < -0.4 is 0 Å². The first kappa shape index (κ1) is 13.8. The highest BCUT2D eigenvalue weighted by Gasteiger charge is 2.21. The molecule has 0 unspecified atom stereocenters. The Morgan fingerprint density at radius 1 is 1.38 bits per heavy atom. The minimum atomic E-state index is -0.404. The minimum Gasteiger partial charge on any atom is -0.464 e. The molecule has 0 aliphatic heterocycles. The second kappa shape index (κ2) is 5.29. The molecule has 0 atom stereocenters. The summed E-state index contributed by atoms with van der Waals surface area (Å²) in [5.74, 6) is 0.720. The Hall–Kier alpha value is -2.21. The van der Waals surface area contributed by atoms with Gasteiger partial charge in [-0.1, -0.05) is 31.3 Å². The summed E-state index contributed by atoms with van der Waals surface area (Å²) in [6.07, 6.45) is 3.79. The maximum Gasteiger partial charge on any atom is 0.367 e. The van der Waals surface area contributed by atoms with Gasteiger partial charge in [0.05, 0.1) is 7.11 Å². The summed E-state index contributed by atoms with van der Waals surface area (Å²) in [5, 5.41) is 0.370. The van der Waals surface area contributed by atoms with E-state index < -0.39 is 5.97 Å². The smallest absolute Gasteiger partial charge is 0.367 e. The molecule has 0 aliphatic rings. The molecule has 0 spiro atoms. The maximum absolute atomic E-state index is 11.7. The molecule has 0 N–H and O–H groups in total. The molecular weight excluding hydrogens is 286 g/mol. The minimum absolute atomic E-state index is 0.310. The Labute approximate surface area is 126 Å². The fourth-order valence-corrected chi connectivity index (χ4v) is 3.18. The third-order valence-corrected chi connectivity index (χ3v) is 4.28. The van der Waals surface area contributed by atoms with E-state index in [1.165, 1.54) is 18.4 Å². The third kappa shape index (κ3) is 2.31. The molecule has 5 nitrogen and oxygen atoms in total. The highest BCUT2D eigenvalue weighted by Crippen LogP contribution is 2.33. The lowest BCUT2D eigenvalue weighted by Gasteiger charge is -2.02. The lowest BCUT2D eigenvalue weighted by molar-refractivity contribution is 0.0600. The zero-order chi connectivity index (χ0) is 15.0. The Kier molecular flexibility index (Phi) is 3.47. The van der Waals surface area contributed by atoms with Crippen LogP contribution in [0, 0.1) is 0 Å². The average Bonchev–Trinajstić information content (AvgIpc) is 3.05. The Bertz CT molecular complexity index is 790. The predicted molar refractivity (Wildman–Crippen MR) is 82.2 cm³/mol. The molecule has 3 aromatic heterocycles. The normalized spacial score (nSPS) is 11.2. The molecule has 108 valence electrons. The van der Waals surface area contributed by atoms with E-state index in [9.17, 15) is 4.79 Å². The van der Waals surface area contributed by atoms with Crippen LogP contribution in [0.5, 0.6) is 0 Å². The standard InChI is InChI=1S/C15H15N3O2S/c1-9(2)10-8-18(11-6-4-5-7-16-11)14-12(10)17-13(21-14)15(19)20-3/h4-9H,1-3H3. The molecule has 0 amide bonds. The van der Waals surface area contributed by atoms with Crippen molar-refractivity contribution >= 4 is 27.7 Å². The largest absolute Gasteiger partial charge is 0.464 e. The van der Waals surface area contributed by atoms with Crippen molar-refractivity contribution in [3.63, 3.8) is 0 Å². The van der Waals surface area contributed by atoms with E-state index in [1.54, 1.807) is 6.20 Å². The van der Waals surface area contributed by atoms with Gasteiger partial charge in [-0.15, -0.1) is 0 Å². The van der Waals surface area contributed by atoms with Gasteiger partial charge < -0.3 is 4.74 Å². The second-order valence-corrected chi connectivity index (χ2v) is 5.94. The van der Waals surface area contributed by atoms with Crippen LogP contribution in [0.15, 0.2) is 30.6 Å². The molecule has 0 radical (unpaired) electrons. The van der Waals surface area contributed by atoms with Gasteiger partial charge in [0.2, 0.25) is 5.01 Å². The van der Waals surface area contributed by atoms with E-state index in [0.717, 1.165) is 21.7 Å². The van der Waals surface area contributed by atoms with Crippen LogP contribution >= 0.6 is 11.3 Å². The van der Waals surface area contributed by atoms with Crippen LogP contribution in [-0.4, -0.2) is 27.6 Å².